The van der Waals surface area contributed by atoms with Gasteiger partial charge in [0.2, 0.25) is 5.89 Å². The highest BCUT2D eigenvalue weighted by atomic mass is 32.2. The topological polar surface area (TPSA) is 79.5 Å². The van der Waals surface area contributed by atoms with E-state index in [4.69, 9.17) is 4.42 Å². The summed E-state index contributed by atoms with van der Waals surface area (Å²) in [4.78, 5) is 3.00. The summed E-state index contributed by atoms with van der Waals surface area (Å²) in [6, 6.07) is 4.04. The highest BCUT2D eigenvalue weighted by Gasteiger charge is 2.30. The Labute approximate surface area is 133 Å². The maximum Gasteiger partial charge on any atom is 0.318 e. The molecule has 0 amide bonds. The van der Waals surface area contributed by atoms with Gasteiger partial charge in [-0.2, -0.15) is 4.31 Å². The van der Waals surface area contributed by atoms with E-state index in [1.807, 2.05) is 17.9 Å². The van der Waals surface area contributed by atoms with Crippen molar-refractivity contribution in [1.82, 2.24) is 14.5 Å². The highest BCUT2D eigenvalue weighted by molar-refractivity contribution is 7.91. The molecule has 22 heavy (non-hydrogen) atoms. The number of aromatic nitrogens is 2. The molecule has 9 heteroatoms. The molecule has 0 aromatic carbocycles. The van der Waals surface area contributed by atoms with Crippen molar-refractivity contribution < 1.29 is 12.8 Å². The first-order valence-electron chi connectivity index (χ1n) is 7.14. The Bertz CT molecular complexity index is 745. The van der Waals surface area contributed by atoms with E-state index >= 15 is 0 Å². The molecule has 0 saturated carbocycles. The number of rotatable bonds is 4. The number of aryl methyl sites for hydroxylation is 2. The van der Waals surface area contributed by atoms with Crippen LogP contribution in [-0.4, -0.2) is 49.1 Å². The van der Waals surface area contributed by atoms with Crippen LogP contribution in [0.2, 0.25) is 0 Å². The fourth-order valence-corrected chi connectivity index (χ4v) is 5.22. The van der Waals surface area contributed by atoms with Gasteiger partial charge in [-0.3, -0.25) is 0 Å². The van der Waals surface area contributed by atoms with Crippen LogP contribution < -0.4 is 4.90 Å². The Morgan fingerprint density at radius 3 is 2.50 bits per heavy atom. The van der Waals surface area contributed by atoms with Crippen LogP contribution in [-0.2, 0) is 16.4 Å². The van der Waals surface area contributed by atoms with E-state index in [1.54, 1.807) is 13.0 Å². The second-order valence-corrected chi connectivity index (χ2v) is 8.40. The molecule has 7 nitrogen and oxygen atoms in total. The third-order valence-electron chi connectivity index (χ3n) is 3.60. The third-order valence-corrected chi connectivity index (χ3v) is 7.20. The zero-order chi connectivity index (χ0) is 15.7. The molecule has 1 aliphatic heterocycles. The Morgan fingerprint density at radius 1 is 1.23 bits per heavy atom. The number of anilines is 1. The first kappa shape index (κ1) is 15.4. The molecule has 0 N–H and O–H groups in total. The SMILES string of the molecule is CCc1ccc(S(=O)(=O)N2CCN(c3nnc(C)o3)CC2)s1. The zero-order valence-electron chi connectivity index (χ0n) is 12.5. The highest BCUT2D eigenvalue weighted by Crippen LogP contribution is 2.26. The second-order valence-electron chi connectivity index (χ2n) is 5.07. The van der Waals surface area contributed by atoms with E-state index in [0.29, 0.717) is 42.3 Å². The van der Waals surface area contributed by atoms with Gasteiger partial charge in [0.15, 0.2) is 0 Å². The fraction of sp³-hybridized carbons (Fsp3) is 0.538. The summed E-state index contributed by atoms with van der Waals surface area (Å²) in [7, 11) is -3.39. The maximum absolute atomic E-state index is 12.6. The Morgan fingerprint density at radius 2 is 1.95 bits per heavy atom. The van der Waals surface area contributed by atoms with Gasteiger partial charge in [-0.15, -0.1) is 16.4 Å². The van der Waals surface area contributed by atoms with Crippen molar-refractivity contribution in [2.75, 3.05) is 31.1 Å². The lowest BCUT2D eigenvalue weighted by molar-refractivity contribution is 0.371. The quantitative estimate of drug-likeness (QED) is 0.838. The summed E-state index contributed by atoms with van der Waals surface area (Å²) in [6.07, 6.45) is 0.852. The molecule has 3 heterocycles. The summed E-state index contributed by atoms with van der Waals surface area (Å²) < 4.78 is 32.6. The largest absolute Gasteiger partial charge is 0.408 e. The lowest BCUT2D eigenvalue weighted by Gasteiger charge is -2.32. The van der Waals surface area contributed by atoms with E-state index in [2.05, 4.69) is 10.2 Å². The predicted molar refractivity (Wildman–Crippen MR) is 83.7 cm³/mol. The Hall–Kier alpha value is -1.45. The molecule has 3 rings (SSSR count). The average Bonchev–Trinajstić information content (AvgIpc) is 3.16. The molecule has 0 spiro atoms. The van der Waals surface area contributed by atoms with Crippen molar-refractivity contribution in [2.24, 2.45) is 0 Å². The van der Waals surface area contributed by atoms with Crippen molar-refractivity contribution >= 4 is 27.4 Å². The van der Waals surface area contributed by atoms with Crippen LogP contribution in [0.4, 0.5) is 6.01 Å². The van der Waals surface area contributed by atoms with Gasteiger partial charge < -0.3 is 9.32 Å². The molecule has 1 aliphatic rings. The number of thiophene rings is 1. The van der Waals surface area contributed by atoms with Gasteiger partial charge >= 0.3 is 6.01 Å². The molecular weight excluding hydrogens is 324 g/mol. The summed E-state index contributed by atoms with van der Waals surface area (Å²) >= 11 is 1.35. The van der Waals surface area contributed by atoms with E-state index in [9.17, 15) is 8.42 Å². The van der Waals surface area contributed by atoms with Crippen LogP contribution in [0.15, 0.2) is 20.8 Å². The van der Waals surface area contributed by atoms with Gasteiger partial charge in [-0.25, -0.2) is 8.42 Å². The fourth-order valence-electron chi connectivity index (χ4n) is 2.35. The molecule has 2 aromatic heterocycles. The first-order valence-corrected chi connectivity index (χ1v) is 9.40. The van der Waals surface area contributed by atoms with E-state index < -0.39 is 10.0 Å². The monoisotopic (exact) mass is 342 g/mol. The lowest BCUT2D eigenvalue weighted by atomic mass is 10.4. The molecule has 0 atom stereocenters. The van der Waals surface area contributed by atoms with Crippen LogP contribution in [0.3, 0.4) is 0 Å². The summed E-state index contributed by atoms with van der Waals surface area (Å²) in [5.74, 6) is 0.510. The average molecular weight is 342 g/mol. The second kappa shape index (κ2) is 5.98. The van der Waals surface area contributed by atoms with Gasteiger partial charge in [-0.1, -0.05) is 12.0 Å². The van der Waals surface area contributed by atoms with Crippen molar-refractivity contribution in [1.29, 1.82) is 0 Å². The Balaban J connectivity index is 1.70. The number of piperazine rings is 1. The van der Waals surface area contributed by atoms with Crippen LogP contribution in [0.5, 0.6) is 0 Å². The van der Waals surface area contributed by atoms with Crippen molar-refractivity contribution in [3.63, 3.8) is 0 Å². The van der Waals surface area contributed by atoms with Crippen LogP contribution in [0.1, 0.15) is 17.7 Å². The zero-order valence-corrected chi connectivity index (χ0v) is 14.2. The van der Waals surface area contributed by atoms with Gasteiger partial charge in [-0.05, 0) is 18.6 Å². The third kappa shape index (κ3) is 2.88. The van der Waals surface area contributed by atoms with Crippen molar-refractivity contribution in [3.05, 3.63) is 22.9 Å². The van der Waals surface area contributed by atoms with Gasteiger partial charge in [0.25, 0.3) is 10.0 Å². The summed E-state index contributed by atoms with van der Waals surface area (Å²) in [5, 5.41) is 7.77. The minimum absolute atomic E-state index is 0.420. The molecule has 0 radical (unpaired) electrons. The number of hydrogen-bond acceptors (Lipinski definition) is 7. The number of hydrogen-bond donors (Lipinski definition) is 0. The molecule has 0 aliphatic carbocycles. The minimum Gasteiger partial charge on any atom is -0.408 e. The van der Waals surface area contributed by atoms with Gasteiger partial charge in [0.05, 0.1) is 0 Å². The summed E-state index contributed by atoms with van der Waals surface area (Å²) in [5.41, 5.74) is 0. The molecule has 0 unspecified atom stereocenters. The van der Waals surface area contributed by atoms with Gasteiger partial charge in [0, 0.05) is 38.0 Å². The minimum atomic E-state index is -3.39. The predicted octanol–water partition coefficient (Wildman–Crippen LogP) is 1.51. The van der Waals surface area contributed by atoms with Crippen LogP contribution in [0.25, 0.3) is 0 Å². The van der Waals surface area contributed by atoms with Crippen molar-refractivity contribution in [2.45, 2.75) is 24.5 Å². The van der Waals surface area contributed by atoms with E-state index in [0.717, 1.165) is 11.3 Å². The van der Waals surface area contributed by atoms with Crippen LogP contribution in [0, 0.1) is 6.92 Å². The molecule has 1 fully saturated rings. The number of nitrogens with zero attached hydrogens (tertiary/aromatic N) is 4. The summed E-state index contributed by atoms with van der Waals surface area (Å²) in [6.45, 7) is 5.69. The first-order chi connectivity index (χ1) is 10.5. The van der Waals surface area contributed by atoms with E-state index in [-0.39, 0.29) is 0 Å². The Kier molecular flexibility index (Phi) is 4.20. The molecule has 2 aromatic rings. The maximum atomic E-state index is 12.6. The molecule has 120 valence electrons. The molecule has 1 saturated heterocycles. The van der Waals surface area contributed by atoms with Gasteiger partial charge in [0.1, 0.15) is 4.21 Å². The normalized spacial score (nSPS) is 17.1. The van der Waals surface area contributed by atoms with Crippen molar-refractivity contribution in [3.8, 4) is 0 Å². The van der Waals surface area contributed by atoms with E-state index in [1.165, 1.54) is 15.6 Å². The van der Waals surface area contributed by atoms with Crippen LogP contribution >= 0.6 is 11.3 Å². The standard InChI is InChI=1S/C13H18N4O3S2/c1-3-11-4-5-12(21-11)22(18,19)17-8-6-16(7-9-17)13-15-14-10(2)20-13/h4-5H,3,6-9H2,1-2H3. The lowest BCUT2D eigenvalue weighted by Crippen LogP contribution is -2.48. The molecular formula is C13H18N4O3S2. The number of sulfonamides is 1. The molecule has 0 bridgehead atoms. The smallest absolute Gasteiger partial charge is 0.318 e.